The average Bonchev–Trinajstić information content (AvgIpc) is 1.83. The molecule has 0 aliphatic rings. The summed E-state index contributed by atoms with van der Waals surface area (Å²) < 4.78 is 0. The number of aliphatic hydroxyl groups excluding tert-OH is 1. The first-order chi connectivity index (χ1) is 3.85. The van der Waals surface area contributed by atoms with Crippen LogP contribution >= 0.6 is 0 Å². The Kier molecular flexibility index (Phi) is 4.95. The molecular weight excluding hydrogens is 104 g/mol. The Bertz CT molecular complexity index is 45.7. The van der Waals surface area contributed by atoms with Gasteiger partial charge in [-0.05, 0) is 20.0 Å². The third-order valence-electron chi connectivity index (χ3n) is 1.14. The largest absolute Gasteiger partial charge is 0.395 e. The molecule has 0 spiro atoms. The van der Waals surface area contributed by atoms with E-state index in [9.17, 15) is 0 Å². The lowest BCUT2D eigenvalue weighted by Crippen LogP contribution is -2.31. The quantitative estimate of drug-likeness (QED) is 0.440. The summed E-state index contributed by atoms with van der Waals surface area (Å²) in [7, 11) is 1.82. The van der Waals surface area contributed by atoms with Gasteiger partial charge >= 0.3 is 0 Å². The molecule has 1 unspecified atom stereocenters. The maximum absolute atomic E-state index is 8.54. The van der Waals surface area contributed by atoms with E-state index in [0.717, 1.165) is 6.42 Å². The van der Waals surface area contributed by atoms with Crippen LogP contribution < -0.4 is 11.1 Å². The van der Waals surface area contributed by atoms with E-state index in [-0.39, 0.29) is 12.6 Å². The van der Waals surface area contributed by atoms with Gasteiger partial charge in [0.2, 0.25) is 0 Å². The average molecular weight is 118 g/mol. The summed E-state index contributed by atoms with van der Waals surface area (Å²) >= 11 is 0. The summed E-state index contributed by atoms with van der Waals surface area (Å²) in [6.07, 6.45) is 0.840. The Hall–Kier alpha value is -0.120. The Balaban J connectivity index is 3.07. The standard InChI is InChI=1S/C5H14N2O/c1-7-5(4-8)2-3-6/h5,7-8H,2-4,6H2,1H3. The zero-order chi connectivity index (χ0) is 6.41. The molecule has 0 bridgehead atoms. The predicted molar refractivity (Wildman–Crippen MR) is 33.6 cm³/mol. The van der Waals surface area contributed by atoms with E-state index in [2.05, 4.69) is 5.32 Å². The van der Waals surface area contributed by atoms with Crippen LogP contribution in [0.2, 0.25) is 0 Å². The molecule has 0 aliphatic heterocycles. The van der Waals surface area contributed by atoms with Crippen LogP contribution in [0.4, 0.5) is 0 Å². The lowest BCUT2D eigenvalue weighted by atomic mass is 10.2. The van der Waals surface area contributed by atoms with E-state index >= 15 is 0 Å². The second-order valence-electron chi connectivity index (χ2n) is 1.75. The molecule has 1 atom stereocenters. The van der Waals surface area contributed by atoms with Crippen molar-refractivity contribution in [3.8, 4) is 0 Å². The van der Waals surface area contributed by atoms with Crippen LogP contribution in [-0.4, -0.2) is 31.3 Å². The van der Waals surface area contributed by atoms with Crippen LogP contribution in [0.5, 0.6) is 0 Å². The topological polar surface area (TPSA) is 58.3 Å². The zero-order valence-corrected chi connectivity index (χ0v) is 5.22. The van der Waals surface area contributed by atoms with Gasteiger partial charge in [-0.15, -0.1) is 0 Å². The van der Waals surface area contributed by atoms with Gasteiger partial charge in [-0.1, -0.05) is 0 Å². The summed E-state index contributed by atoms with van der Waals surface area (Å²) in [5.41, 5.74) is 5.23. The molecular formula is C5H14N2O. The van der Waals surface area contributed by atoms with Crippen LogP contribution in [0.25, 0.3) is 0 Å². The highest BCUT2D eigenvalue weighted by Gasteiger charge is 1.99. The molecule has 3 nitrogen and oxygen atoms in total. The minimum absolute atomic E-state index is 0.174. The molecule has 0 aromatic rings. The van der Waals surface area contributed by atoms with Crippen LogP contribution in [0.1, 0.15) is 6.42 Å². The van der Waals surface area contributed by atoms with E-state index in [1.807, 2.05) is 7.05 Å². The number of hydrogen-bond acceptors (Lipinski definition) is 3. The second kappa shape index (κ2) is 5.03. The van der Waals surface area contributed by atoms with Gasteiger partial charge in [0, 0.05) is 6.04 Å². The molecule has 0 heterocycles. The Morgan fingerprint density at radius 1 is 1.75 bits per heavy atom. The van der Waals surface area contributed by atoms with Crippen molar-refractivity contribution in [3.05, 3.63) is 0 Å². The molecule has 0 aromatic heterocycles. The Labute approximate surface area is 49.9 Å². The maximum Gasteiger partial charge on any atom is 0.0585 e. The molecule has 8 heavy (non-hydrogen) atoms. The number of aliphatic hydroxyl groups is 1. The normalized spacial score (nSPS) is 13.9. The van der Waals surface area contributed by atoms with Crippen molar-refractivity contribution in [2.75, 3.05) is 20.2 Å². The third kappa shape index (κ3) is 2.96. The molecule has 0 rings (SSSR count). The van der Waals surface area contributed by atoms with Gasteiger partial charge in [0.15, 0.2) is 0 Å². The molecule has 0 amide bonds. The molecule has 3 heteroatoms. The van der Waals surface area contributed by atoms with Crippen LogP contribution in [0.3, 0.4) is 0 Å². The molecule has 0 saturated carbocycles. The van der Waals surface area contributed by atoms with Crippen LogP contribution in [-0.2, 0) is 0 Å². The van der Waals surface area contributed by atoms with Gasteiger partial charge < -0.3 is 16.2 Å². The fourth-order valence-corrected chi connectivity index (χ4v) is 0.528. The Morgan fingerprint density at radius 2 is 2.38 bits per heavy atom. The smallest absolute Gasteiger partial charge is 0.0585 e. The van der Waals surface area contributed by atoms with Gasteiger partial charge in [0.1, 0.15) is 0 Å². The first kappa shape index (κ1) is 7.88. The number of nitrogens with one attached hydrogen (secondary N) is 1. The molecule has 50 valence electrons. The molecule has 0 radical (unpaired) electrons. The zero-order valence-electron chi connectivity index (χ0n) is 5.22. The van der Waals surface area contributed by atoms with Crippen molar-refractivity contribution in [3.63, 3.8) is 0 Å². The summed E-state index contributed by atoms with van der Waals surface area (Å²) in [6.45, 7) is 0.805. The van der Waals surface area contributed by atoms with Crippen molar-refractivity contribution in [1.82, 2.24) is 5.32 Å². The lowest BCUT2D eigenvalue weighted by Gasteiger charge is -2.09. The third-order valence-corrected chi connectivity index (χ3v) is 1.14. The maximum atomic E-state index is 8.54. The van der Waals surface area contributed by atoms with Crippen LogP contribution in [0.15, 0.2) is 0 Å². The monoisotopic (exact) mass is 118 g/mol. The SMILES string of the molecule is CNC(CO)CCN. The second-order valence-corrected chi connectivity index (χ2v) is 1.75. The first-order valence-corrected chi connectivity index (χ1v) is 2.83. The van der Waals surface area contributed by atoms with Gasteiger partial charge in [0.05, 0.1) is 6.61 Å². The van der Waals surface area contributed by atoms with Crippen molar-refractivity contribution < 1.29 is 5.11 Å². The fraction of sp³-hybridized carbons (Fsp3) is 1.00. The summed E-state index contributed by atoms with van der Waals surface area (Å²) in [5.74, 6) is 0. The van der Waals surface area contributed by atoms with Crippen molar-refractivity contribution in [2.24, 2.45) is 5.73 Å². The number of rotatable bonds is 4. The lowest BCUT2D eigenvalue weighted by molar-refractivity contribution is 0.243. The molecule has 0 aliphatic carbocycles. The highest BCUT2D eigenvalue weighted by Crippen LogP contribution is 1.84. The van der Waals surface area contributed by atoms with Gasteiger partial charge in [-0.2, -0.15) is 0 Å². The highest BCUT2D eigenvalue weighted by atomic mass is 16.3. The van der Waals surface area contributed by atoms with E-state index in [0.29, 0.717) is 6.54 Å². The number of likely N-dealkylation sites (N-methyl/N-ethyl adjacent to an activating group) is 1. The summed E-state index contributed by atoms with van der Waals surface area (Å²) in [4.78, 5) is 0. The molecule has 4 N–H and O–H groups in total. The van der Waals surface area contributed by atoms with Gasteiger partial charge in [-0.25, -0.2) is 0 Å². The van der Waals surface area contributed by atoms with Crippen molar-refractivity contribution >= 4 is 0 Å². The number of nitrogens with two attached hydrogens (primary N) is 1. The summed E-state index contributed by atoms with van der Waals surface area (Å²) in [6, 6.07) is 0.181. The summed E-state index contributed by atoms with van der Waals surface area (Å²) in [5, 5.41) is 11.5. The van der Waals surface area contributed by atoms with E-state index in [1.54, 1.807) is 0 Å². The molecule has 0 fully saturated rings. The Morgan fingerprint density at radius 3 is 2.50 bits per heavy atom. The minimum Gasteiger partial charge on any atom is -0.395 e. The van der Waals surface area contributed by atoms with Crippen molar-refractivity contribution in [1.29, 1.82) is 0 Å². The van der Waals surface area contributed by atoms with E-state index in [1.165, 1.54) is 0 Å². The van der Waals surface area contributed by atoms with E-state index < -0.39 is 0 Å². The van der Waals surface area contributed by atoms with Crippen LogP contribution in [0, 0.1) is 0 Å². The minimum atomic E-state index is 0.174. The molecule has 0 saturated heterocycles. The van der Waals surface area contributed by atoms with Gasteiger partial charge in [-0.3, -0.25) is 0 Å². The van der Waals surface area contributed by atoms with Gasteiger partial charge in [0.25, 0.3) is 0 Å². The molecule has 0 aromatic carbocycles. The van der Waals surface area contributed by atoms with Crippen molar-refractivity contribution in [2.45, 2.75) is 12.5 Å². The number of hydrogen-bond donors (Lipinski definition) is 3. The van der Waals surface area contributed by atoms with E-state index in [4.69, 9.17) is 10.8 Å². The first-order valence-electron chi connectivity index (χ1n) is 2.83. The predicted octanol–water partition coefficient (Wildman–Crippen LogP) is -1.08. The fourth-order valence-electron chi connectivity index (χ4n) is 0.528. The highest BCUT2D eigenvalue weighted by molar-refractivity contribution is 4.61.